The van der Waals surface area contributed by atoms with E-state index >= 15 is 0 Å². The Balaban J connectivity index is -0.000000192. The molecule has 0 aromatic carbocycles. The van der Waals surface area contributed by atoms with Crippen molar-refractivity contribution in [2.45, 2.75) is 272 Å². The number of hydrogen-bond acceptors (Lipinski definition) is 39. The summed E-state index contributed by atoms with van der Waals surface area (Å²) in [6.45, 7) is 20.9. The van der Waals surface area contributed by atoms with E-state index < -0.39 is 30.9 Å². The summed E-state index contributed by atoms with van der Waals surface area (Å²) in [4.78, 5) is 1.79. The monoisotopic (exact) mass is 1780 g/mol. The fourth-order valence-corrected chi connectivity index (χ4v) is 12.2. The number of nitrogens with zero attached hydrogens (tertiary/aromatic N) is 1. The number of unbranched alkanes of at least 4 members (excludes halogenated alkanes) is 3. The molecule has 7 unspecified atom stereocenters. The number of aliphatic hydroxyl groups excluding tert-OH is 14. The predicted octanol–water partition coefficient (Wildman–Crippen LogP) is -8.12. The van der Waals surface area contributed by atoms with Crippen molar-refractivity contribution in [3.05, 3.63) is 0 Å². The fourth-order valence-electron chi connectivity index (χ4n) is 12.2. The van der Waals surface area contributed by atoms with Gasteiger partial charge in [-0.2, -0.15) is 0 Å². The van der Waals surface area contributed by atoms with Crippen molar-refractivity contribution in [1.29, 1.82) is 0 Å². The molecule has 7 rings (SSSR count). The molecule has 1 aliphatic heterocycles. The van der Waals surface area contributed by atoms with E-state index in [9.17, 15) is 0 Å². The quantitative estimate of drug-likeness (QED) is 0.0255. The van der Waals surface area contributed by atoms with Crippen LogP contribution in [0.3, 0.4) is 0 Å². The minimum atomic E-state index is -1.21. The Bertz CT molecular complexity index is 1720. The van der Waals surface area contributed by atoms with Crippen LogP contribution in [0.1, 0.15) is 206 Å². The zero-order valence-electron chi connectivity index (χ0n) is 77.3. The maximum absolute atomic E-state index is 9.05. The van der Waals surface area contributed by atoms with Gasteiger partial charge in [0.2, 0.25) is 0 Å². The standard InChI is InChI=1S/C13H26N2.C8H18N2.C6H16N2O2.2C6H14N2.C6H15NO3.C6H13NO.C5H14N2.C4H13N3.C4H10N2.C4H12N2.C4H11NO3.2C4H11NO2.C3H9NO/c14-12-5-1-10(2-6-12)9-11-3-7-13(15)8-4-11;9-5-7-2-1-3-8(4-7)6-10;9-5-3-7-1-2-8-4-6-10;7-5-1-2-6(8)4-3-5;7-5-2-1-3-6(8)4-5;8-4-1-7(2-5-9)3-6-10;7-5-3-1-2-4-6(5)8;6-4-2-1-3-5-7;5-1-3-7-4-2-6;1-2-6-4-3-5-1;5-3-1-2-4-6;5-4(1-6,2-7)3-8;1-4(5,2-6)3-7;6-3-1-5-2-4-7;1-3(4)2-5/h10-13H,1-9,14-15H2;7-8H,1-6,9-10H2;7-10H,1-6H2;2*5-6H,1-4,7-8H2;8-10H,1-6H2;5-6,8H,1-4,7H2;1-7H2;7H,1-6H2;5-6H,1-4H2;1-6H2;6-8H,1-3,5H2;6-7H,2-3,5H2,1H3;5-7H,1-4H2;3,5H,2,4H2,1H3. The molecule has 7 atom stereocenters. The first-order chi connectivity index (χ1) is 58.5. The summed E-state index contributed by atoms with van der Waals surface area (Å²) in [6.07, 6.45) is 36.0. The number of nitrogens with two attached hydrogens (primary N) is 18. The Hall–Kier alpha value is -1.56. The van der Waals surface area contributed by atoms with Crippen LogP contribution in [0.5, 0.6) is 0 Å². The lowest BCUT2D eigenvalue weighted by molar-refractivity contribution is 0.0697. The van der Waals surface area contributed by atoms with Gasteiger partial charge >= 0.3 is 0 Å². The highest BCUT2D eigenvalue weighted by molar-refractivity contribution is 4.83. The average Bonchev–Trinajstić information content (AvgIpc) is 0.844. The van der Waals surface area contributed by atoms with Crippen LogP contribution < -0.4 is 135 Å². The number of nitrogens with one attached hydrogen (secondary N) is 6. The van der Waals surface area contributed by atoms with Gasteiger partial charge in [0, 0.05) is 160 Å². The van der Waals surface area contributed by atoms with E-state index in [1.54, 1.807) is 18.7 Å². The number of hydrogen-bond donors (Lipinski definition) is 38. The van der Waals surface area contributed by atoms with Crippen LogP contribution in [-0.4, -0.2) is 378 Å². The van der Waals surface area contributed by atoms with Crippen LogP contribution in [0.4, 0.5) is 0 Å². The third kappa shape index (κ3) is 111. The van der Waals surface area contributed by atoms with Crippen molar-refractivity contribution in [1.82, 2.24) is 36.8 Å². The molecule has 0 radical (unpaired) electrons. The SMILES string of the molecule is C1CNCCN1.CC(N)(CO)CO.CC(N)CO.NC(CO)(CO)CO.NC1CCC(CC2CCC(N)CC2)CC1.NC1CCC(N)CC1.NC1CCCC(N)C1.NC1CCCCC1O.NCC1CCCC(CN)C1.NCCCCCN.NCCCCN.NCCNCCN.OCCN(CCO)CCO.OCCNCCNCCO.OCCNCCO. The van der Waals surface area contributed by atoms with Gasteiger partial charge in [-0.25, -0.2) is 0 Å². The molecule has 56 N–H and O–H groups in total. The Kier molecular flexibility index (Phi) is 121. The molecule has 39 nitrogen and oxygen atoms in total. The highest BCUT2D eigenvalue weighted by Crippen LogP contribution is 2.35. The van der Waals surface area contributed by atoms with Crippen molar-refractivity contribution in [3.8, 4) is 0 Å². The van der Waals surface area contributed by atoms with E-state index in [1.165, 1.54) is 116 Å². The third-order valence-corrected chi connectivity index (χ3v) is 20.4. The van der Waals surface area contributed by atoms with Crippen molar-refractivity contribution >= 4 is 0 Å². The molecular weight excluding hydrogens is 1570 g/mol. The second kappa shape index (κ2) is 108. The minimum absolute atomic E-state index is 0.0590. The van der Waals surface area contributed by atoms with Gasteiger partial charge in [0.1, 0.15) is 0 Å². The van der Waals surface area contributed by atoms with Gasteiger partial charge in [0.25, 0.3) is 0 Å². The van der Waals surface area contributed by atoms with Crippen molar-refractivity contribution in [3.63, 3.8) is 0 Å². The van der Waals surface area contributed by atoms with Crippen LogP contribution in [0.25, 0.3) is 0 Å². The normalized spacial score (nSPS) is 22.9. The van der Waals surface area contributed by atoms with Crippen LogP contribution >= 0.6 is 0 Å². The van der Waals surface area contributed by atoms with E-state index in [-0.39, 0.29) is 84.3 Å². The highest BCUT2D eigenvalue weighted by Gasteiger charge is 2.26. The lowest BCUT2D eigenvalue weighted by Gasteiger charge is -2.32. The first-order valence-electron chi connectivity index (χ1n) is 46.3. The lowest BCUT2D eigenvalue weighted by atomic mass is 9.76. The van der Waals surface area contributed by atoms with E-state index in [0.717, 1.165) is 192 Å². The van der Waals surface area contributed by atoms with Gasteiger partial charge in [0.15, 0.2) is 0 Å². The summed E-state index contributed by atoms with van der Waals surface area (Å²) < 4.78 is 0. The van der Waals surface area contributed by atoms with Gasteiger partial charge in [-0.15, -0.1) is 0 Å². The molecule has 0 amide bonds. The Morgan fingerprint density at radius 1 is 0.344 bits per heavy atom. The second-order valence-electron chi connectivity index (χ2n) is 32.9. The van der Waals surface area contributed by atoms with Gasteiger partial charge in [-0.05, 0) is 237 Å². The Labute approximate surface area is 740 Å². The van der Waals surface area contributed by atoms with E-state index in [2.05, 4.69) is 31.9 Å². The molecule has 1 heterocycles. The minimum Gasteiger partial charge on any atom is -0.395 e. The molecule has 0 aromatic heterocycles. The van der Waals surface area contributed by atoms with Crippen LogP contribution in [0.15, 0.2) is 0 Å². The maximum atomic E-state index is 9.05. The second-order valence-corrected chi connectivity index (χ2v) is 32.9. The molecule has 0 bridgehead atoms. The molecule has 39 heteroatoms. The summed E-state index contributed by atoms with van der Waals surface area (Å²) >= 11 is 0. The van der Waals surface area contributed by atoms with Gasteiger partial charge < -0.3 is 207 Å². The Morgan fingerprint density at radius 3 is 0.869 bits per heavy atom. The number of piperazine rings is 1. The summed E-state index contributed by atoms with van der Waals surface area (Å²) in [5.41, 5.74) is 95.6. The molecule has 0 aromatic rings. The van der Waals surface area contributed by atoms with E-state index in [0.29, 0.717) is 95.2 Å². The number of rotatable bonds is 38. The van der Waals surface area contributed by atoms with Crippen molar-refractivity contribution in [2.24, 2.45) is 127 Å². The molecule has 0 spiro atoms. The molecule has 1 saturated heterocycles. The van der Waals surface area contributed by atoms with Gasteiger partial charge in [-0.3, -0.25) is 4.90 Å². The highest BCUT2D eigenvalue weighted by atomic mass is 16.3. The van der Waals surface area contributed by atoms with E-state index in [4.69, 9.17) is 175 Å². The molecule has 7 aliphatic rings. The summed E-state index contributed by atoms with van der Waals surface area (Å²) in [5.74, 6) is 3.48. The number of aliphatic hydroxyl groups is 14. The average molecular weight is 1780 g/mol. The molecule has 7 fully saturated rings. The largest absolute Gasteiger partial charge is 0.395 e. The predicted molar refractivity (Wildman–Crippen MR) is 506 cm³/mol. The van der Waals surface area contributed by atoms with Crippen LogP contribution in [-0.2, 0) is 0 Å². The zero-order chi connectivity index (χ0) is 94.0. The van der Waals surface area contributed by atoms with Crippen LogP contribution in [0.2, 0.25) is 0 Å². The molecule has 6 aliphatic carbocycles. The lowest BCUT2D eigenvalue weighted by Crippen LogP contribution is -2.50. The summed E-state index contributed by atoms with van der Waals surface area (Å²) in [7, 11) is 0. The van der Waals surface area contributed by atoms with Crippen LogP contribution in [0, 0.1) is 23.7 Å². The summed E-state index contributed by atoms with van der Waals surface area (Å²) in [5, 5.41) is 135. The maximum Gasteiger partial charge on any atom is 0.0856 e. The molecule has 122 heavy (non-hydrogen) atoms. The Morgan fingerprint density at radius 2 is 0.648 bits per heavy atom. The van der Waals surface area contributed by atoms with E-state index in [1.807, 2.05) is 0 Å². The van der Waals surface area contributed by atoms with Gasteiger partial charge in [0.05, 0.1) is 103 Å². The third-order valence-electron chi connectivity index (χ3n) is 20.4. The van der Waals surface area contributed by atoms with Crippen molar-refractivity contribution < 1.29 is 71.5 Å². The molecule has 748 valence electrons. The molecule has 6 saturated carbocycles. The first-order valence-corrected chi connectivity index (χ1v) is 46.3. The smallest absolute Gasteiger partial charge is 0.0856 e. The molecular formula is C83H207N25O14. The van der Waals surface area contributed by atoms with Gasteiger partial charge in [-0.1, -0.05) is 32.1 Å². The van der Waals surface area contributed by atoms with Crippen molar-refractivity contribution in [2.75, 3.05) is 236 Å². The summed E-state index contributed by atoms with van der Waals surface area (Å²) in [6, 6.07) is 2.66. The fraction of sp³-hybridized carbons (Fsp3) is 1.00. The topological polar surface area (TPSA) is 827 Å². The zero-order valence-corrected chi connectivity index (χ0v) is 77.3. The first kappa shape index (κ1) is 136.